The van der Waals surface area contributed by atoms with Crippen LogP contribution in [-0.4, -0.2) is 37.7 Å². The van der Waals surface area contributed by atoms with Crippen molar-refractivity contribution >= 4 is 12.1 Å². The van der Waals surface area contributed by atoms with E-state index in [0.717, 1.165) is 5.56 Å². The molecule has 108 valence electrons. The number of pyridine rings is 1. The van der Waals surface area contributed by atoms with Gasteiger partial charge in [0.05, 0.1) is 12.1 Å². The highest BCUT2D eigenvalue weighted by Gasteiger charge is 2.41. The van der Waals surface area contributed by atoms with Crippen molar-refractivity contribution in [2.24, 2.45) is 0 Å². The fourth-order valence-electron chi connectivity index (χ4n) is 2.84. The average Bonchev–Trinajstić information content (AvgIpc) is 2.44. The smallest absolute Gasteiger partial charge is 0.408 e. The predicted octanol–water partition coefficient (Wildman–Crippen LogP) is 2.37. The number of hydrogen-bond acceptors (Lipinski definition) is 3. The predicted molar refractivity (Wildman–Crippen MR) is 71.8 cm³/mol. The van der Waals surface area contributed by atoms with Crippen molar-refractivity contribution in [2.45, 2.75) is 45.2 Å². The maximum Gasteiger partial charge on any atom is 0.408 e. The summed E-state index contributed by atoms with van der Waals surface area (Å²) in [5.41, 5.74) is 0.998. The van der Waals surface area contributed by atoms with Crippen LogP contribution in [0.25, 0.3) is 0 Å². The van der Waals surface area contributed by atoms with Gasteiger partial charge in [-0.05, 0) is 24.5 Å². The van der Waals surface area contributed by atoms with Crippen molar-refractivity contribution in [2.75, 3.05) is 0 Å². The van der Waals surface area contributed by atoms with Gasteiger partial charge in [0, 0.05) is 12.1 Å². The highest BCUT2D eigenvalue weighted by Crippen LogP contribution is 2.35. The summed E-state index contributed by atoms with van der Waals surface area (Å²) >= 11 is 0. The van der Waals surface area contributed by atoms with Crippen molar-refractivity contribution in [3.05, 3.63) is 29.1 Å². The third kappa shape index (κ3) is 2.21. The van der Waals surface area contributed by atoms with Crippen LogP contribution in [0.1, 0.15) is 48.4 Å². The molecule has 1 aliphatic rings. The van der Waals surface area contributed by atoms with Crippen LogP contribution >= 0.6 is 0 Å². The second-order valence-corrected chi connectivity index (χ2v) is 5.08. The summed E-state index contributed by atoms with van der Waals surface area (Å²) in [5.74, 6) is -1.06. The van der Waals surface area contributed by atoms with E-state index in [-0.39, 0.29) is 12.2 Å². The van der Waals surface area contributed by atoms with E-state index in [2.05, 4.69) is 4.98 Å². The van der Waals surface area contributed by atoms with Gasteiger partial charge in [-0.2, -0.15) is 0 Å². The Morgan fingerprint density at radius 1 is 1.30 bits per heavy atom. The second kappa shape index (κ2) is 5.11. The van der Waals surface area contributed by atoms with Crippen LogP contribution in [0.3, 0.4) is 0 Å². The van der Waals surface area contributed by atoms with Gasteiger partial charge in [-0.1, -0.05) is 19.9 Å². The number of nitrogens with zero attached hydrogens (tertiary/aromatic N) is 2. The zero-order valence-corrected chi connectivity index (χ0v) is 11.6. The molecule has 6 heteroatoms. The first-order chi connectivity index (χ1) is 9.43. The van der Waals surface area contributed by atoms with Gasteiger partial charge in [0.1, 0.15) is 5.69 Å². The molecule has 0 aromatic carbocycles. The number of aromatic carboxylic acids is 1. The van der Waals surface area contributed by atoms with E-state index in [9.17, 15) is 14.7 Å². The van der Waals surface area contributed by atoms with Crippen LogP contribution in [-0.2, 0) is 13.0 Å². The zero-order chi connectivity index (χ0) is 14.9. The standard InChI is InChI=1S/C14H18N2O4/c1-3-14(4-2)7-11-9(8-16(14)13(19)20)5-6-10(15-11)12(17)18/h5-6H,3-4,7-8H2,1-2H3,(H,17,18)(H,19,20). The van der Waals surface area contributed by atoms with Gasteiger partial charge in [0.15, 0.2) is 0 Å². The number of carboxylic acids is 1. The van der Waals surface area contributed by atoms with Crippen LogP contribution in [0.15, 0.2) is 12.1 Å². The quantitative estimate of drug-likeness (QED) is 0.885. The number of rotatable bonds is 3. The lowest BCUT2D eigenvalue weighted by Crippen LogP contribution is -2.54. The molecule has 0 saturated carbocycles. The average molecular weight is 278 g/mol. The van der Waals surface area contributed by atoms with Gasteiger partial charge in [-0.3, -0.25) is 4.90 Å². The van der Waals surface area contributed by atoms with E-state index in [0.29, 0.717) is 25.0 Å². The van der Waals surface area contributed by atoms with Crippen LogP contribution in [0.2, 0.25) is 0 Å². The Morgan fingerprint density at radius 3 is 2.45 bits per heavy atom. The summed E-state index contributed by atoms with van der Waals surface area (Å²) in [4.78, 5) is 28.1. The van der Waals surface area contributed by atoms with Gasteiger partial charge in [-0.25, -0.2) is 14.6 Å². The van der Waals surface area contributed by atoms with Crippen LogP contribution in [0.5, 0.6) is 0 Å². The van der Waals surface area contributed by atoms with Gasteiger partial charge in [-0.15, -0.1) is 0 Å². The lowest BCUT2D eigenvalue weighted by atomic mass is 9.81. The van der Waals surface area contributed by atoms with Crippen LogP contribution in [0, 0.1) is 0 Å². The van der Waals surface area contributed by atoms with Crippen LogP contribution < -0.4 is 0 Å². The fraction of sp³-hybridized carbons (Fsp3) is 0.500. The van der Waals surface area contributed by atoms with Crippen molar-refractivity contribution in [3.8, 4) is 0 Å². The first-order valence-corrected chi connectivity index (χ1v) is 6.66. The molecule has 1 aromatic heterocycles. The van der Waals surface area contributed by atoms with Crippen molar-refractivity contribution in [1.82, 2.24) is 9.88 Å². The first-order valence-electron chi connectivity index (χ1n) is 6.66. The molecule has 2 N–H and O–H groups in total. The number of carbonyl (C=O) groups is 2. The van der Waals surface area contributed by atoms with Crippen molar-refractivity contribution in [3.63, 3.8) is 0 Å². The van der Waals surface area contributed by atoms with E-state index in [1.165, 1.54) is 11.0 Å². The minimum absolute atomic E-state index is 0.00799. The number of carboxylic acid groups (broad SMARTS) is 2. The summed E-state index contributed by atoms with van der Waals surface area (Å²) in [6.45, 7) is 4.16. The van der Waals surface area contributed by atoms with E-state index in [4.69, 9.17) is 5.11 Å². The molecule has 0 spiro atoms. The number of amides is 1. The monoisotopic (exact) mass is 278 g/mol. The third-order valence-electron chi connectivity index (χ3n) is 4.23. The summed E-state index contributed by atoms with van der Waals surface area (Å²) in [6.07, 6.45) is 0.868. The van der Waals surface area contributed by atoms with Gasteiger partial charge in [0.25, 0.3) is 0 Å². The van der Waals surface area contributed by atoms with Gasteiger partial charge in [0.2, 0.25) is 0 Å². The Labute approximate surface area is 117 Å². The molecule has 0 aliphatic carbocycles. The van der Waals surface area contributed by atoms with E-state index < -0.39 is 17.6 Å². The van der Waals surface area contributed by atoms with Gasteiger partial charge >= 0.3 is 12.1 Å². The fourth-order valence-corrected chi connectivity index (χ4v) is 2.84. The Bertz CT molecular complexity index is 552. The Hall–Kier alpha value is -2.11. The molecule has 0 unspecified atom stereocenters. The summed E-state index contributed by atoms with van der Waals surface area (Å²) in [6, 6.07) is 3.09. The molecule has 0 fully saturated rings. The third-order valence-corrected chi connectivity index (χ3v) is 4.23. The topological polar surface area (TPSA) is 90.7 Å². The molecule has 0 atom stereocenters. The number of fused-ring (bicyclic) bond motifs is 1. The van der Waals surface area contributed by atoms with Gasteiger partial charge < -0.3 is 10.2 Å². The second-order valence-electron chi connectivity index (χ2n) is 5.08. The molecular formula is C14H18N2O4. The SMILES string of the molecule is CCC1(CC)Cc2nc(C(=O)O)ccc2CN1C(=O)O. The molecule has 0 saturated heterocycles. The Morgan fingerprint density at radius 2 is 1.95 bits per heavy atom. The first kappa shape index (κ1) is 14.3. The summed E-state index contributed by atoms with van der Waals surface area (Å²) in [7, 11) is 0. The highest BCUT2D eigenvalue weighted by atomic mass is 16.4. The largest absolute Gasteiger partial charge is 0.477 e. The highest BCUT2D eigenvalue weighted by molar-refractivity contribution is 5.85. The van der Waals surface area contributed by atoms with E-state index >= 15 is 0 Å². The number of aromatic nitrogens is 1. The molecule has 2 rings (SSSR count). The minimum atomic E-state index is -1.06. The normalized spacial score (nSPS) is 16.6. The summed E-state index contributed by atoms with van der Waals surface area (Å²) < 4.78 is 0. The zero-order valence-electron chi connectivity index (χ0n) is 11.6. The lowest BCUT2D eigenvalue weighted by molar-refractivity contribution is 0.0529. The minimum Gasteiger partial charge on any atom is -0.477 e. The van der Waals surface area contributed by atoms with Crippen molar-refractivity contribution < 1.29 is 19.8 Å². The Balaban J connectivity index is 2.48. The Kier molecular flexibility index (Phi) is 3.65. The number of hydrogen-bond donors (Lipinski definition) is 2. The molecule has 0 radical (unpaired) electrons. The molecule has 1 amide bonds. The molecular weight excluding hydrogens is 260 g/mol. The summed E-state index contributed by atoms with van der Waals surface area (Å²) in [5, 5.41) is 18.4. The lowest BCUT2D eigenvalue weighted by Gasteiger charge is -2.45. The van der Waals surface area contributed by atoms with Crippen LogP contribution in [0.4, 0.5) is 4.79 Å². The molecule has 6 nitrogen and oxygen atoms in total. The molecule has 0 bridgehead atoms. The molecule has 1 aliphatic heterocycles. The maximum absolute atomic E-state index is 11.5. The van der Waals surface area contributed by atoms with Crippen molar-refractivity contribution in [1.29, 1.82) is 0 Å². The van der Waals surface area contributed by atoms with E-state index in [1.807, 2.05) is 13.8 Å². The maximum atomic E-state index is 11.5. The van der Waals surface area contributed by atoms with E-state index in [1.54, 1.807) is 6.07 Å². The molecule has 1 aromatic rings. The molecule has 20 heavy (non-hydrogen) atoms. The molecule has 2 heterocycles.